The first-order valence-corrected chi connectivity index (χ1v) is 6.52. The first kappa shape index (κ1) is 12.6. The quantitative estimate of drug-likeness (QED) is 0.866. The second-order valence-electron chi connectivity index (χ2n) is 5.78. The summed E-state index contributed by atoms with van der Waals surface area (Å²) in [6.45, 7) is 6.53. The van der Waals surface area contributed by atoms with Gasteiger partial charge in [0.1, 0.15) is 0 Å². The molecular formula is C15H24N2. The molecule has 1 heterocycles. The lowest BCUT2D eigenvalue weighted by atomic mass is 9.90. The van der Waals surface area contributed by atoms with Crippen molar-refractivity contribution >= 4 is 0 Å². The fraction of sp³-hybridized carbons (Fsp3) is 0.600. The minimum atomic E-state index is 0.0338. The van der Waals surface area contributed by atoms with Gasteiger partial charge in [-0.1, -0.05) is 23.8 Å². The zero-order chi connectivity index (χ0) is 12.5. The number of hydrogen-bond donors (Lipinski definition) is 1. The molecule has 0 spiro atoms. The third-order valence-electron chi connectivity index (χ3n) is 3.97. The standard InChI is InChI=1S/C15H24N2/c1-12-4-5-14(13(2)10-12)6-7-15(16)8-9-17(3)11-15/h4-5,10H,6-9,11,16H2,1-3H3. The molecule has 1 fully saturated rings. The van der Waals surface area contributed by atoms with Crippen LogP contribution in [0.2, 0.25) is 0 Å². The van der Waals surface area contributed by atoms with Crippen LogP contribution in [0.15, 0.2) is 18.2 Å². The summed E-state index contributed by atoms with van der Waals surface area (Å²) in [4.78, 5) is 2.34. The topological polar surface area (TPSA) is 29.3 Å². The highest BCUT2D eigenvalue weighted by Gasteiger charge is 2.31. The molecule has 0 radical (unpaired) electrons. The predicted molar refractivity (Wildman–Crippen MR) is 73.3 cm³/mol. The zero-order valence-electron chi connectivity index (χ0n) is 11.3. The Morgan fingerprint density at radius 1 is 1.35 bits per heavy atom. The molecule has 1 aromatic rings. The molecule has 2 heteroatoms. The van der Waals surface area contributed by atoms with Crippen LogP contribution in [0.4, 0.5) is 0 Å². The van der Waals surface area contributed by atoms with Crippen LogP contribution in [-0.4, -0.2) is 30.6 Å². The van der Waals surface area contributed by atoms with Crippen molar-refractivity contribution in [2.45, 2.75) is 38.6 Å². The van der Waals surface area contributed by atoms with Crippen LogP contribution >= 0.6 is 0 Å². The zero-order valence-corrected chi connectivity index (χ0v) is 11.3. The summed E-state index contributed by atoms with van der Waals surface area (Å²) in [6.07, 6.45) is 3.34. The summed E-state index contributed by atoms with van der Waals surface area (Å²) < 4.78 is 0. The molecule has 0 saturated carbocycles. The van der Waals surface area contributed by atoms with Gasteiger partial charge in [-0.15, -0.1) is 0 Å². The molecule has 0 bridgehead atoms. The van der Waals surface area contributed by atoms with E-state index in [0.717, 1.165) is 32.4 Å². The van der Waals surface area contributed by atoms with Gasteiger partial charge in [0, 0.05) is 12.1 Å². The van der Waals surface area contributed by atoms with Crippen LogP contribution in [0.3, 0.4) is 0 Å². The molecule has 0 amide bonds. The molecule has 1 unspecified atom stereocenters. The number of rotatable bonds is 3. The van der Waals surface area contributed by atoms with Crippen molar-refractivity contribution in [1.82, 2.24) is 4.90 Å². The van der Waals surface area contributed by atoms with E-state index in [4.69, 9.17) is 5.73 Å². The molecule has 17 heavy (non-hydrogen) atoms. The van der Waals surface area contributed by atoms with Crippen LogP contribution in [0.1, 0.15) is 29.5 Å². The monoisotopic (exact) mass is 232 g/mol. The van der Waals surface area contributed by atoms with Gasteiger partial charge in [0.05, 0.1) is 0 Å². The number of benzene rings is 1. The van der Waals surface area contributed by atoms with E-state index < -0.39 is 0 Å². The highest BCUT2D eigenvalue weighted by Crippen LogP contribution is 2.24. The predicted octanol–water partition coefficient (Wildman–Crippen LogP) is 2.27. The number of aryl methyl sites for hydroxylation is 3. The summed E-state index contributed by atoms with van der Waals surface area (Å²) >= 11 is 0. The maximum atomic E-state index is 6.44. The van der Waals surface area contributed by atoms with Gasteiger partial charge in [-0.3, -0.25) is 0 Å². The largest absolute Gasteiger partial charge is 0.324 e. The molecule has 94 valence electrons. The molecule has 1 saturated heterocycles. The number of likely N-dealkylation sites (tertiary alicyclic amines) is 1. The van der Waals surface area contributed by atoms with Crippen LogP contribution in [0.25, 0.3) is 0 Å². The molecule has 2 rings (SSSR count). The maximum Gasteiger partial charge on any atom is 0.0298 e. The average molecular weight is 232 g/mol. The van der Waals surface area contributed by atoms with E-state index in [1.807, 2.05) is 0 Å². The Bertz CT molecular complexity index is 400. The lowest BCUT2D eigenvalue weighted by Gasteiger charge is -2.24. The SMILES string of the molecule is Cc1ccc(CCC2(N)CCN(C)C2)c(C)c1. The van der Waals surface area contributed by atoms with E-state index in [2.05, 4.69) is 44.0 Å². The number of hydrogen-bond acceptors (Lipinski definition) is 2. The summed E-state index contributed by atoms with van der Waals surface area (Å²) in [7, 11) is 2.16. The first-order valence-electron chi connectivity index (χ1n) is 6.52. The highest BCUT2D eigenvalue weighted by atomic mass is 15.2. The Morgan fingerprint density at radius 2 is 2.12 bits per heavy atom. The van der Waals surface area contributed by atoms with Gasteiger partial charge in [-0.25, -0.2) is 0 Å². The van der Waals surface area contributed by atoms with Gasteiger partial charge in [0.2, 0.25) is 0 Å². The van der Waals surface area contributed by atoms with E-state index in [0.29, 0.717) is 0 Å². The third kappa shape index (κ3) is 3.08. The van der Waals surface area contributed by atoms with E-state index >= 15 is 0 Å². The lowest BCUT2D eigenvalue weighted by molar-refractivity contribution is 0.354. The van der Waals surface area contributed by atoms with Crippen molar-refractivity contribution in [3.05, 3.63) is 34.9 Å². The first-order chi connectivity index (χ1) is 7.98. The van der Waals surface area contributed by atoms with E-state index in [9.17, 15) is 0 Å². The Kier molecular flexibility index (Phi) is 3.55. The Labute approximate surface area is 105 Å². The van der Waals surface area contributed by atoms with Crippen LogP contribution in [0.5, 0.6) is 0 Å². The molecule has 1 aliphatic rings. The van der Waals surface area contributed by atoms with Gasteiger partial charge in [0.25, 0.3) is 0 Å². The fourth-order valence-corrected chi connectivity index (χ4v) is 2.82. The molecular weight excluding hydrogens is 208 g/mol. The van der Waals surface area contributed by atoms with Gasteiger partial charge in [0.15, 0.2) is 0 Å². The van der Waals surface area contributed by atoms with Crippen molar-refractivity contribution in [2.24, 2.45) is 5.73 Å². The summed E-state index contributed by atoms with van der Waals surface area (Å²) in [5, 5.41) is 0. The smallest absolute Gasteiger partial charge is 0.0298 e. The van der Waals surface area contributed by atoms with Gasteiger partial charge in [-0.2, -0.15) is 0 Å². The molecule has 2 nitrogen and oxygen atoms in total. The normalized spacial score (nSPS) is 25.4. The van der Waals surface area contributed by atoms with E-state index in [1.54, 1.807) is 0 Å². The highest BCUT2D eigenvalue weighted by molar-refractivity contribution is 5.30. The maximum absolute atomic E-state index is 6.44. The number of nitrogens with two attached hydrogens (primary N) is 1. The molecule has 1 aliphatic heterocycles. The number of likely N-dealkylation sites (N-methyl/N-ethyl adjacent to an activating group) is 1. The molecule has 1 atom stereocenters. The van der Waals surface area contributed by atoms with Crippen LogP contribution in [-0.2, 0) is 6.42 Å². The second-order valence-corrected chi connectivity index (χ2v) is 5.78. The van der Waals surface area contributed by atoms with Gasteiger partial charge < -0.3 is 10.6 Å². The second kappa shape index (κ2) is 4.79. The third-order valence-corrected chi connectivity index (χ3v) is 3.97. The van der Waals surface area contributed by atoms with Crippen molar-refractivity contribution in [2.75, 3.05) is 20.1 Å². The Balaban J connectivity index is 1.98. The van der Waals surface area contributed by atoms with E-state index in [1.165, 1.54) is 16.7 Å². The van der Waals surface area contributed by atoms with Crippen molar-refractivity contribution < 1.29 is 0 Å². The Hall–Kier alpha value is -0.860. The summed E-state index contributed by atoms with van der Waals surface area (Å²) in [5.74, 6) is 0. The minimum Gasteiger partial charge on any atom is -0.324 e. The van der Waals surface area contributed by atoms with Crippen molar-refractivity contribution in [3.63, 3.8) is 0 Å². The van der Waals surface area contributed by atoms with Gasteiger partial charge >= 0.3 is 0 Å². The Morgan fingerprint density at radius 3 is 2.71 bits per heavy atom. The summed E-state index contributed by atoms with van der Waals surface area (Å²) in [5.41, 5.74) is 10.7. The molecule has 2 N–H and O–H groups in total. The van der Waals surface area contributed by atoms with Gasteiger partial charge in [-0.05, 0) is 57.8 Å². The minimum absolute atomic E-state index is 0.0338. The molecule has 0 aliphatic carbocycles. The van der Waals surface area contributed by atoms with E-state index in [-0.39, 0.29) is 5.54 Å². The van der Waals surface area contributed by atoms with Crippen molar-refractivity contribution in [3.8, 4) is 0 Å². The van der Waals surface area contributed by atoms with Crippen molar-refractivity contribution in [1.29, 1.82) is 0 Å². The molecule has 1 aromatic carbocycles. The summed E-state index contributed by atoms with van der Waals surface area (Å²) in [6, 6.07) is 6.72. The molecule has 0 aromatic heterocycles. The van der Waals surface area contributed by atoms with Crippen LogP contribution < -0.4 is 5.73 Å². The average Bonchev–Trinajstić information content (AvgIpc) is 2.58. The lowest BCUT2D eigenvalue weighted by Crippen LogP contribution is -2.42. The van der Waals surface area contributed by atoms with Crippen LogP contribution in [0, 0.1) is 13.8 Å². The number of nitrogens with zero attached hydrogens (tertiary/aromatic N) is 1. The fourth-order valence-electron chi connectivity index (χ4n) is 2.82.